The molecular weight excluding hydrogens is 298 g/mol. The number of aryl methyl sites for hydroxylation is 1. The number of alkyl carbamates (subject to hydrolysis) is 1. The molecule has 0 aliphatic heterocycles. The molecule has 0 radical (unpaired) electrons. The summed E-state index contributed by atoms with van der Waals surface area (Å²) in [7, 11) is 0. The fourth-order valence-corrected chi connectivity index (χ4v) is 1.89. The molecule has 1 aromatic carbocycles. The van der Waals surface area contributed by atoms with Gasteiger partial charge in [-0.15, -0.1) is 0 Å². The molecule has 0 aromatic heterocycles. The highest BCUT2D eigenvalue weighted by Crippen LogP contribution is 2.19. The van der Waals surface area contributed by atoms with E-state index in [1.54, 1.807) is 39.8 Å². The van der Waals surface area contributed by atoms with E-state index in [4.69, 9.17) is 9.47 Å². The maximum absolute atomic E-state index is 12.1. The molecule has 0 bridgehead atoms. The van der Waals surface area contributed by atoms with E-state index < -0.39 is 29.8 Å². The number of hydrogen-bond acceptors (Lipinski definition) is 5. The third kappa shape index (κ3) is 6.28. The van der Waals surface area contributed by atoms with E-state index in [0.29, 0.717) is 5.56 Å². The van der Waals surface area contributed by atoms with Crippen LogP contribution in [0.1, 0.15) is 44.9 Å². The number of benzene rings is 1. The lowest BCUT2D eigenvalue weighted by atomic mass is 10.0. The number of amides is 1. The Morgan fingerprint density at radius 2 is 1.78 bits per heavy atom. The van der Waals surface area contributed by atoms with Crippen molar-refractivity contribution in [3.05, 3.63) is 35.4 Å². The van der Waals surface area contributed by atoms with E-state index in [0.717, 1.165) is 5.56 Å². The van der Waals surface area contributed by atoms with Crippen LogP contribution < -0.4 is 5.32 Å². The fourth-order valence-electron chi connectivity index (χ4n) is 1.89. The Balaban J connectivity index is 2.93. The zero-order chi connectivity index (χ0) is 17.6. The first kappa shape index (κ1) is 19.0. The van der Waals surface area contributed by atoms with Crippen molar-refractivity contribution in [2.45, 2.75) is 52.4 Å². The van der Waals surface area contributed by atoms with Crippen LogP contribution >= 0.6 is 0 Å². The van der Waals surface area contributed by atoms with Crippen LogP contribution in [0.25, 0.3) is 0 Å². The van der Waals surface area contributed by atoms with Crippen LogP contribution in [0.3, 0.4) is 0 Å². The van der Waals surface area contributed by atoms with E-state index in [9.17, 15) is 14.7 Å². The van der Waals surface area contributed by atoms with Gasteiger partial charge in [0.1, 0.15) is 11.7 Å². The Morgan fingerprint density at radius 1 is 1.22 bits per heavy atom. The number of esters is 1. The second-order valence-electron chi connectivity index (χ2n) is 6.23. The van der Waals surface area contributed by atoms with Gasteiger partial charge in [-0.1, -0.05) is 29.8 Å². The fraction of sp³-hybridized carbons (Fsp3) is 0.529. The van der Waals surface area contributed by atoms with Gasteiger partial charge in [0.05, 0.1) is 6.61 Å². The monoisotopic (exact) mass is 323 g/mol. The van der Waals surface area contributed by atoms with Gasteiger partial charge in [0.2, 0.25) is 0 Å². The molecule has 2 atom stereocenters. The smallest absolute Gasteiger partial charge is 0.408 e. The molecule has 6 heteroatoms. The highest BCUT2D eigenvalue weighted by Gasteiger charge is 2.32. The first-order chi connectivity index (χ1) is 10.6. The number of aliphatic hydroxyl groups excluding tert-OH is 1. The summed E-state index contributed by atoms with van der Waals surface area (Å²) < 4.78 is 10.1. The number of aliphatic hydroxyl groups is 1. The number of rotatable bonds is 5. The molecule has 0 aliphatic carbocycles. The summed E-state index contributed by atoms with van der Waals surface area (Å²) in [5, 5.41) is 12.8. The molecule has 1 aromatic rings. The lowest BCUT2D eigenvalue weighted by Crippen LogP contribution is -2.47. The summed E-state index contributed by atoms with van der Waals surface area (Å²) in [4.78, 5) is 24.0. The largest absolute Gasteiger partial charge is 0.464 e. The quantitative estimate of drug-likeness (QED) is 0.813. The Bertz CT molecular complexity index is 533. The molecule has 0 saturated heterocycles. The molecule has 0 saturated carbocycles. The molecule has 2 N–H and O–H groups in total. The SMILES string of the molecule is CCOC(=O)[C@@H](NC(=O)OC(C)(C)C)[C@H](O)c1ccc(C)cc1. The summed E-state index contributed by atoms with van der Waals surface area (Å²) >= 11 is 0. The zero-order valence-electron chi connectivity index (χ0n) is 14.3. The van der Waals surface area contributed by atoms with Gasteiger partial charge < -0.3 is 19.9 Å². The molecule has 0 heterocycles. The topological polar surface area (TPSA) is 84.9 Å². The van der Waals surface area contributed by atoms with Crippen LogP contribution in [0.4, 0.5) is 4.79 Å². The zero-order valence-corrected chi connectivity index (χ0v) is 14.3. The van der Waals surface area contributed by atoms with Crippen LogP contribution in [-0.4, -0.2) is 35.4 Å². The minimum Gasteiger partial charge on any atom is -0.464 e. The Hall–Kier alpha value is -2.08. The normalized spacial score (nSPS) is 13.8. The van der Waals surface area contributed by atoms with Crippen molar-refractivity contribution in [2.24, 2.45) is 0 Å². The van der Waals surface area contributed by atoms with E-state index >= 15 is 0 Å². The highest BCUT2D eigenvalue weighted by atomic mass is 16.6. The van der Waals surface area contributed by atoms with Gasteiger partial charge in [-0.05, 0) is 40.2 Å². The van der Waals surface area contributed by atoms with Crippen LogP contribution in [0.5, 0.6) is 0 Å². The molecule has 0 aliphatic rings. The van der Waals surface area contributed by atoms with Crippen LogP contribution in [0.2, 0.25) is 0 Å². The molecule has 1 amide bonds. The molecule has 0 spiro atoms. The molecule has 23 heavy (non-hydrogen) atoms. The molecule has 1 rings (SSSR count). The highest BCUT2D eigenvalue weighted by molar-refractivity contribution is 5.82. The summed E-state index contributed by atoms with van der Waals surface area (Å²) in [6, 6.07) is 5.78. The van der Waals surface area contributed by atoms with E-state index in [1.807, 2.05) is 19.1 Å². The Labute approximate surface area is 136 Å². The number of carbonyl (C=O) groups is 2. The van der Waals surface area contributed by atoms with Crippen LogP contribution in [0, 0.1) is 6.92 Å². The van der Waals surface area contributed by atoms with Crippen molar-refractivity contribution >= 4 is 12.1 Å². The standard InChI is InChI=1S/C17H25NO5/c1-6-22-15(20)13(18-16(21)23-17(3,4)5)14(19)12-9-7-11(2)8-10-12/h7-10,13-14,19H,6H2,1-5H3,(H,18,21)/t13-,14+/m0/s1. The molecule has 0 unspecified atom stereocenters. The number of nitrogens with one attached hydrogen (secondary N) is 1. The van der Waals surface area contributed by atoms with Crippen molar-refractivity contribution in [1.82, 2.24) is 5.32 Å². The number of carbonyl (C=O) groups excluding carboxylic acids is 2. The third-order valence-corrected chi connectivity index (χ3v) is 2.95. The van der Waals surface area contributed by atoms with E-state index in [2.05, 4.69) is 5.32 Å². The first-order valence-corrected chi connectivity index (χ1v) is 7.55. The van der Waals surface area contributed by atoms with Gasteiger partial charge in [0.25, 0.3) is 0 Å². The maximum atomic E-state index is 12.1. The van der Waals surface area contributed by atoms with E-state index in [1.165, 1.54) is 0 Å². The minimum absolute atomic E-state index is 0.145. The van der Waals surface area contributed by atoms with Gasteiger partial charge in [-0.2, -0.15) is 0 Å². The van der Waals surface area contributed by atoms with Gasteiger partial charge in [-0.25, -0.2) is 9.59 Å². The van der Waals surface area contributed by atoms with Gasteiger partial charge >= 0.3 is 12.1 Å². The predicted molar refractivity (Wildman–Crippen MR) is 85.9 cm³/mol. The second-order valence-corrected chi connectivity index (χ2v) is 6.23. The molecule has 0 fully saturated rings. The summed E-state index contributed by atoms with van der Waals surface area (Å²) in [5.74, 6) is -0.716. The van der Waals surface area contributed by atoms with Crippen molar-refractivity contribution in [1.29, 1.82) is 0 Å². The second kappa shape index (κ2) is 7.97. The summed E-state index contributed by atoms with van der Waals surface area (Å²) in [6.45, 7) is 8.84. The van der Waals surface area contributed by atoms with Crippen molar-refractivity contribution < 1.29 is 24.2 Å². The molecule has 6 nitrogen and oxygen atoms in total. The van der Waals surface area contributed by atoms with Gasteiger partial charge in [0.15, 0.2) is 6.04 Å². The van der Waals surface area contributed by atoms with Crippen molar-refractivity contribution in [2.75, 3.05) is 6.61 Å². The molecule has 128 valence electrons. The number of ether oxygens (including phenoxy) is 2. The lowest BCUT2D eigenvalue weighted by Gasteiger charge is -2.25. The average Bonchev–Trinajstić information content (AvgIpc) is 2.43. The van der Waals surface area contributed by atoms with E-state index in [-0.39, 0.29) is 6.61 Å². The maximum Gasteiger partial charge on any atom is 0.408 e. The van der Waals surface area contributed by atoms with Crippen LogP contribution in [0.15, 0.2) is 24.3 Å². The Morgan fingerprint density at radius 3 is 2.26 bits per heavy atom. The predicted octanol–water partition coefficient (Wildman–Crippen LogP) is 2.48. The molecular formula is C17H25NO5. The van der Waals surface area contributed by atoms with Crippen LogP contribution in [-0.2, 0) is 14.3 Å². The van der Waals surface area contributed by atoms with Crippen molar-refractivity contribution in [3.8, 4) is 0 Å². The lowest BCUT2D eigenvalue weighted by molar-refractivity contribution is -0.148. The number of hydrogen-bond donors (Lipinski definition) is 2. The summed E-state index contributed by atoms with van der Waals surface area (Å²) in [5.41, 5.74) is 0.816. The average molecular weight is 323 g/mol. The van der Waals surface area contributed by atoms with Gasteiger partial charge in [-0.3, -0.25) is 0 Å². The van der Waals surface area contributed by atoms with Crippen molar-refractivity contribution in [3.63, 3.8) is 0 Å². The Kier molecular flexibility index (Phi) is 6.57. The minimum atomic E-state index is -1.24. The van der Waals surface area contributed by atoms with Gasteiger partial charge in [0, 0.05) is 0 Å². The summed E-state index contributed by atoms with van der Waals surface area (Å²) in [6.07, 6.45) is -2.02. The third-order valence-electron chi connectivity index (χ3n) is 2.95. The first-order valence-electron chi connectivity index (χ1n) is 7.55.